The van der Waals surface area contributed by atoms with Gasteiger partial charge in [0.2, 0.25) is 0 Å². The monoisotopic (exact) mass is 1440 g/mol. The maximum absolute atomic E-state index is 10.1. The molecule has 20 rings (SSSR count). The Morgan fingerprint density at radius 1 is 0.214 bits per heavy atom. The van der Waals surface area contributed by atoms with Crippen molar-refractivity contribution in [2.75, 3.05) is 0 Å². The highest BCUT2D eigenvalue weighted by Gasteiger charge is 2.26. The molecule has 0 amide bonds. The highest BCUT2D eigenvalue weighted by molar-refractivity contribution is 6.14. The van der Waals surface area contributed by atoms with E-state index in [4.69, 9.17) is 19.9 Å². The van der Waals surface area contributed by atoms with Crippen LogP contribution >= 0.6 is 0 Å². The Bertz CT molecular complexity index is 7370. The zero-order chi connectivity index (χ0) is 76.2. The number of para-hydroxylation sites is 4. The van der Waals surface area contributed by atoms with E-state index in [2.05, 4.69) is 311 Å². The molecule has 0 radical (unpaired) electrons. The van der Waals surface area contributed by atoms with E-state index in [1.165, 1.54) is 65.3 Å². The number of aromatic nitrogens is 10. The normalized spacial score (nSPS) is 11.6. The van der Waals surface area contributed by atoms with E-state index in [1.54, 1.807) is 0 Å². The molecule has 14 aromatic carbocycles. The molecule has 0 spiro atoms. The number of nitrogens with zero attached hydrogens (tertiary/aromatic N) is 12. The first-order valence-electron chi connectivity index (χ1n) is 37.7. The second-order valence-corrected chi connectivity index (χ2v) is 29.2. The van der Waals surface area contributed by atoms with Gasteiger partial charge in [-0.15, -0.1) is 0 Å². The first-order valence-corrected chi connectivity index (χ1v) is 37.7. The van der Waals surface area contributed by atoms with Gasteiger partial charge in [0, 0.05) is 65.3 Å². The summed E-state index contributed by atoms with van der Waals surface area (Å²) < 4.78 is 9.43. The summed E-state index contributed by atoms with van der Waals surface area (Å²) >= 11 is 0. The zero-order valence-corrected chi connectivity index (χ0v) is 63.1. The Hall–Kier alpha value is -14.7. The van der Waals surface area contributed by atoms with Crippen LogP contribution in [-0.4, -0.2) is 48.2 Å². The SMILES string of the molecule is Cc1ccc2c(c1)c1ccccc1n2-c1cc(-c2ccccc2C#N)ccc1-c1ccc(-n2c3ccccc3c3cc(C)ccc32)c(-c2nc(C)nc(C)n2)c1.Cc1ccc2c(c1)c1ccccc1n2-c1ccc(-c2ccccc2C#N)cc1-c1ccc(-n2c3ccccc3c3cc(C)ccc32)c(-c2nc(C)nc(C)n2)c1. The average Bonchev–Trinajstić information content (AvgIpc) is 1.54. The van der Waals surface area contributed by atoms with Crippen molar-refractivity contribution >= 4 is 87.2 Å². The molecular weight excluding hydrogens is 1370 g/mol. The highest BCUT2D eigenvalue weighted by Crippen LogP contribution is 2.46. The van der Waals surface area contributed by atoms with E-state index in [1.807, 2.05) is 76.2 Å². The summed E-state index contributed by atoms with van der Waals surface area (Å²) in [6, 6.07) is 108. The van der Waals surface area contributed by atoms with Gasteiger partial charge < -0.3 is 18.3 Å². The average molecular weight is 1440 g/mol. The standard InChI is InChI=1S/2C50H36N6/c1-30-17-22-46-41(25-30)39-13-7-9-15-44(39)55(46)48-24-20-34(27-43(48)50-53-32(3)52-33(4)54-50)38-21-19-35(37-12-6-5-11-36(37)29-51)28-49(38)56-45-16-10-8-14-40(45)42-26-31(2)18-23-47(42)56;1-30-17-21-47-41(25-30)38-13-7-9-15-44(38)55(47)46-23-19-34(37-12-6-5-11-36(37)29-51)27-40(46)35-20-24-49(43(28-35)50-53-32(3)52-33(4)54-50)56-45-16-10-8-14-39(45)42-26-31(2)18-22-48(42)56/h2*5-28H,1-4H3. The summed E-state index contributed by atoms with van der Waals surface area (Å²) in [6.45, 7) is 16.2. The van der Waals surface area contributed by atoms with Crippen molar-refractivity contribution in [2.24, 2.45) is 0 Å². The number of hydrogen-bond acceptors (Lipinski definition) is 8. The van der Waals surface area contributed by atoms with E-state index in [9.17, 15) is 10.5 Å². The van der Waals surface area contributed by atoms with Gasteiger partial charge in [-0.1, -0.05) is 186 Å². The van der Waals surface area contributed by atoms with Crippen molar-refractivity contribution in [3.05, 3.63) is 348 Å². The number of hydrogen-bond donors (Lipinski definition) is 0. The van der Waals surface area contributed by atoms with E-state index >= 15 is 0 Å². The van der Waals surface area contributed by atoms with Gasteiger partial charge in [0.05, 0.1) is 90.1 Å². The molecule has 12 nitrogen and oxygen atoms in total. The van der Waals surface area contributed by atoms with Crippen LogP contribution in [0.25, 0.3) is 177 Å². The number of benzene rings is 14. The molecule has 532 valence electrons. The summed E-state index contributed by atoms with van der Waals surface area (Å²) in [4.78, 5) is 28.9. The fraction of sp³-hybridized carbons (Fsp3) is 0.0800. The van der Waals surface area contributed by atoms with Crippen LogP contribution in [0.5, 0.6) is 0 Å². The largest absolute Gasteiger partial charge is 0.309 e. The van der Waals surface area contributed by atoms with Crippen LogP contribution in [0.1, 0.15) is 56.7 Å². The van der Waals surface area contributed by atoms with Gasteiger partial charge in [-0.25, -0.2) is 29.9 Å². The summed E-state index contributed by atoms with van der Waals surface area (Å²) in [5.74, 6) is 3.91. The van der Waals surface area contributed by atoms with Gasteiger partial charge in [-0.2, -0.15) is 10.5 Å². The molecule has 12 heteroatoms. The first-order chi connectivity index (χ1) is 54.7. The van der Waals surface area contributed by atoms with Crippen LogP contribution in [-0.2, 0) is 0 Å². The second-order valence-electron chi connectivity index (χ2n) is 29.2. The maximum atomic E-state index is 10.1. The van der Waals surface area contributed by atoms with Crippen molar-refractivity contribution in [3.63, 3.8) is 0 Å². The Balaban J connectivity index is 0.000000151. The van der Waals surface area contributed by atoms with Crippen molar-refractivity contribution in [2.45, 2.75) is 55.4 Å². The molecule has 0 unspecified atom stereocenters. The minimum atomic E-state index is 0.616. The van der Waals surface area contributed by atoms with Gasteiger partial charge in [0.1, 0.15) is 23.3 Å². The van der Waals surface area contributed by atoms with Crippen LogP contribution in [0, 0.1) is 78.1 Å². The van der Waals surface area contributed by atoms with Crippen LogP contribution in [0.3, 0.4) is 0 Å². The third-order valence-electron chi connectivity index (χ3n) is 21.8. The third kappa shape index (κ3) is 11.5. The fourth-order valence-corrected chi connectivity index (χ4v) is 16.9. The van der Waals surface area contributed by atoms with Gasteiger partial charge >= 0.3 is 0 Å². The third-order valence-corrected chi connectivity index (χ3v) is 21.8. The molecule has 112 heavy (non-hydrogen) atoms. The van der Waals surface area contributed by atoms with Gasteiger partial charge in [-0.3, -0.25) is 0 Å². The van der Waals surface area contributed by atoms with E-state index in [-0.39, 0.29) is 0 Å². The summed E-state index contributed by atoms with van der Waals surface area (Å²) in [6.07, 6.45) is 0. The summed E-state index contributed by atoms with van der Waals surface area (Å²) in [7, 11) is 0. The molecule has 0 N–H and O–H groups in total. The maximum Gasteiger partial charge on any atom is 0.165 e. The molecule has 0 aliphatic heterocycles. The Morgan fingerprint density at radius 3 is 0.857 bits per heavy atom. The predicted molar refractivity (Wildman–Crippen MR) is 457 cm³/mol. The number of nitriles is 2. The van der Waals surface area contributed by atoms with E-state index < -0.39 is 0 Å². The predicted octanol–water partition coefficient (Wildman–Crippen LogP) is 24.3. The molecule has 6 aromatic heterocycles. The van der Waals surface area contributed by atoms with E-state index in [0.717, 1.165) is 123 Å². The lowest BCUT2D eigenvalue weighted by molar-refractivity contribution is 0.926. The van der Waals surface area contributed by atoms with E-state index in [0.29, 0.717) is 46.1 Å². The molecule has 0 aliphatic carbocycles. The molecule has 0 atom stereocenters. The Kier molecular flexibility index (Phi) is 16.5. The molecule has 20 aromatic rings. The van der Waals surface area contributed by atoms with Gasteiger partial charge in [0.25, 0.3) is 0 Å². The summed E-state index contributed by atoms with van der Waals surface area (Å²) in [5, 5.41) is 29.9. The lowest BCUT2D eigenvalue weighted by Crippen LogP contribution is -2.04. The number of fused-ring (bicyclic) bond motifs is 12. The minimum absolute atomic E-state index is 0.616. The molecule has 0 bridgehead atoms. The molecule has 0 saturated carbocycles. The minimum Gasteiger partial charge on any atom is -0.309 e. The van der Waals surface area contributed by atoms with Crippen molar-refractivity contribution in [1.29, 1.82) is 10.5 Å². The first kappa shape index (κ1) is 67.9. The topological polar surface area (TPSA) is 145 Å². The molecular formula is C100H72N12. The van der Waals surface area contributed by atoms with Crippen LogP contribution in [0.15, 0.2) is 291 Å². The molecule has 0 saturated heterocycles. The lowest BCUT2D eigenvalue weighted by atomic mass is 9.93. The summed E-state index contributed by atoms with van der Waals surface area (Å²) in [5.41, 5.74) is 28.7. The van der Waals surface area contributed by atoms with Crippen LogP contribution < -0.4 is 0 Å². The highest BCUT2D eigenvalue weighted by atomic mass is 15.1. The molecule has 0 fully saturated rings. The Morgan fingerprint density at radius 2 is 0.491 bits per heavy atom. The van der Waals surface area contributed by atoms with Crippen LogP contribution in [0.4, 0.5) is 0 Å². The van der Waals surface area contributed by atoms with Crippen molar-refractivity contribution < 1.29 is 0 Å². The smallest absolute Gasteiger partial charge is 0.165 e. The fourth-order valence-electron chi connectivity index (χ4n) is 16.9. The van der Waals surface area contributed by atoms with Crippen molar-refractivity contribution in [3.8, 4) is 102 Å². The number of rotatable bonds is 10. The molecule has 6 heterocycles. The number of aryl methyl sites for hydroxylation is 8. The second kappa shape index (κ2) is 27.2. The van der Waals surface area contributed by atoms with Gasteiger partial charge in [-0.05, 0) is 216 Å². The zero-order valence-electron chi connectivity index (χ0n) is 63.1. The van der Waals surface area contributed by atoms with Gasteiger partial charge in [0.15, 0.2) is 11.6 Å². The lowest BCUT2D eigenvalue weighted by Gasteiger charge is -2.19. The Labute approximate surface area is 647 Å². The van der Waals surface area contributed by atoms with Crippen LogP contribution in [0.2, 0.25) is 0 Å². The molecule has 0 aliphatic rings. The quantitative estimate of drug-likeness (QED) is 0.132. The van der Waals surface area contributed by atoms with Crippen molar-refractivity contribution in [1.82, 2.24) is 48.2 Å².